The highest BCUT2D eigenvalue weighted by atomic mass is 35.5. The number of halogens is 2. The summed E-state index contributed by atoms with van der Waals surface area (Å²) in [6.45, 7) is 6.58. The lowest BCUT2D eigenvalue weighted by Crippen LogP contribution is -2.16. The number of hydrogen-bond acceptors (Lipinski definition) is 0. The standard InChI is InChI=1S/C11H12Cl2Si/c1-14(2,3)8-7-9-5-4-6-10(12)11(9)13/h4-6H,1-3H3. The van der Waals surface area contributed by atoms with Crippen molar-refractivity contribution in [3.63, 3.8) is 0 Å². The second kappa shape index (κ2) is 4.40. The first-order chi connectivity index (χ1) is 6.40. The Hall–Kier alpha value is -0.423. The van der Waals surface area contributed by atoms with Gasteiger partial charge in [-0.05, 0) is 12.1 Å². The maximum atomic E-state index is 6.00. The van der Waals surface area contributed by atoms with Crippen molar-refractivity contribution < 1.29 is 0 Å². The Morgan fingerprint density at radius 2 is 1.79 bits per heavy atom. The largest absolute Gasteiger partial charge is 0.129 e. The average molecular weight is 243 g/mol. The molecule has 0 amide bonds. The Morgan fingerprint density at radius 3 is 2.36 bits per heavy atom. The Labute approximate surface area is 96.2 Å². The second-order valence-electron chi connectivity index (χ2n) is 4.10. The van der Waals surface area contributed by atoms with Crippen molar-refractivity contribution >= 4 is 31.3 Å². The fourth-order valence-electron chi connectivity index (χ4n) is 0.855. The molecule has 0 aliphatic carbocycles. The molecule has 0 aliphatic rings. The summed E-state index contributed by atoms with van der Waals surface area (Å²) in [5, 5.41) is 1.12. The van der Waals surface area contributed by atoms with Crippen molar-refractivity contribution in [2.24, 2.45) is 0 Å². The van der Waals surface area contributed by atoms with Gasteiger partial charge in [-0.25, -0.2) is 0 Å². The molecule has 0 aromatic heterocycles. The maximum absolute atomic E-state index is 6.00. The third-order valence-electron chi connectivity index (χ3n) is 1.52. The van der Waals surface area contributed by atoms with Crippen molar-refractivity contribution in [3.05, 3.63) is 33.8 Å². The van der Waals surface area contributed by atoms with Crippen LogP contribution in [0.2, 0.25) is 29.7 Å². The molecule has 1 aromatic carbocycles. The molecule has 0 saturated carbocycles. The normalized spacial score (nSPS) is 10.6. The molecule has 1 aromatic rings. The van der Waals surface area contributed by atoms with E-state index in [0.717, 1.165) is 5.56 Å². The molecule has 0 N–H and O–H groups in total. The predicted octanol–water partition coefficient (Wildman–Crippen LogP) is 4.22. The molecule has 0 bridgehead atoms. The molecule has 0 atom stereocenters. The lowest BCUT2D eigenvalue weighted by molar-refractivity contribution is 1.64. The summed E-state index contributed by atoms with van der Waals surface area (Å²) in [6.07, 6.45) is 0. The summed E-state index contributed by atoms with van der Waals surface area (Å²) < 4.78 is 0. The van der Waals surface area contributed by atoms with E-state index in [4.69, 9.17) is 23.2 Å². The first-order valence-corrected chi connectivity index (χ1v) is 8.63. The summed E-state index contributed by atoms with van der Waals surface area (Å²) in [6, 6.07) is 5.52. The van der Waals surface area contributed by atoms with Crippen LogP contribution in [-0.2, 0) is 0 Å². The summed E-state index contributed by atoms with van der Waals surface area (Å²) >= 11 is 11.9. The first-order valence-electron chi connectivity index (χ1n) is 4.37. The summed E-state index contributed by atoms with van der Waals surface area (Å²) in [7, 11) is -1.34. The van der Waals surface area contributed by atoms with Gasteiger partial charge in [-0.15, -0.1) is 5.54 Å². The Balaban J connectivity index is 3.08. The third-order valence-corrected chi connectivity index (χ3v) is 3.22. The Bertz CT molecular complexity index is 394. The monoisotopic (exact) mass is 242 g/mol. The molecule has 14 heavy (non-hydrogen) atoms. The Kier molecular flexibility index (Phi) is 3.66. The molecule has 0 saturated heterocycles. The smallest absolute Gasteiger partial charge is 0.127 e. The van der Waals surface area contributed by atoms with Gasteiger partial charge < -0.3 is 0 Å². The topological polar surface area (TPSA) is 0 Å². The van der Waals surface area contributed by atoms with E-state index >= 15 is 0 Å². The summed E-state index contributed by atoms with van der Waals surface area (Å²) in [4.78, 5) is 0. The minimum Gasteiger partial charge on any atom is -0.127 e. The van der Waals surface area contributed by atoms with Crippen LogP contribution in [0.25, 0.3) is 0 Å². The van der Waals surface area contributed by atoms with Gasteiger partial charge in [0.25, 0.3) is 0 Å². The van der Waals surface area contributed by atoms with Crippen LogP contribution in [-0.4, -0.2) is 8.07 Å². The number of hydrogen-bond donors (Lipinski definition) is 0. The second-order valence-corrected chi connectivity index (χ2v) is 9.64. The van der Waals surface area contributed by atoms with E-state index in [9.17, 15) is 0 Å². The SMILES string of the molecule is C[Si](C)(C)C#Cc1cccc(Cl)c1Cl. The van der Waals surface area contributed by atoms with Crippen molar-refractivity contribution in [3.8, 4) is 11.5 Å². The minimum absolute atomic E-state index is 0.555. The molecule has 0 aliphatic heterocycles. The molecule has 0 radical (unpaired) electrons. The average Bonchev–Trinajstić information content (AvgIpc) is 2.06. The number of benzene rings is 1. The van der Waals surface area contributed by atoms with Crippen molar-refractivity contribution in [1.82, 2.24) is 0 Å². The van der Waals surface area contributed by atoms with Crippen LogP contribution in [0.1, 0.15) is 5.56 Å². The quantitative estimate of drug-likeness (QED) is 0.472. The van der Waals surface area contributed by atoms with Crippen LogP contribution in [0.15, 0.2) is 18.2 Å². The third kappa shape index (κ3) is 3.38. The summed E-state index contributed by atoms with van der Waals surface area (Å²) in [5.74, 6) is 3.09. The van der Waals surface area contributed by atoms with Crippen molar-refractivity contribution in [2.75, 3.05) is 0 Å². The zero-order valence-electron chi connectivity index (χ0n) is 8.49. The maximum Gasteiger partial charge on any atom is 0.129 e. The van der Waals surface area contributed by atoms with E-state index in [0.29, 0.717) is 10.0 Å². The highest BCUT2D eigenvalue weighted by molar-refractivity contribution is 6.83. The molecule has 74 valence electrons. The lowest BCUT2D eigenvalue weighted by atomic mass is 10.2. The van der Waals surface area contributed by atoms with E-state index in [-0.39, 0.29) is 0 Å². The molecule has 3 heteroatoms. The molecule has 0 fully saturated rings. The molecule has 0 unspecified atom stereocenters. The lowest BCUT2D eigenvalue weighted by Gasteiger charge is -2.04. The van der Waals surface area contributed by atoms with Crippen LogP contribution in [0.3, 0.4) is 0 Å². The van der Waals surface area contributed by atoms with E-state index in [2.05, 4.69) is 31.1 Å². The van der Waals surface area contributed by atoms with E-state index in [1.807, 2.05) is 12.1 Å². The van der Waals surface area contributed by atoms with Crippen LogP contribution >= 0.6 is 23.2 Å². The van der Waals surface area contributed by atoms with E-state index in [1.165, 1.54) is 0 Å². The highest BCUT2D eigenvalue weighted by Gasteiger charge is 2.08. The Morgan fingerprint density at radius 1 is 1.14 bits per heavy atom. The van der Waals surface area contributed by atoms with Crippen molar-refractivity contribution in [2.45, 2.75) is 19.6 Å². The molecular weight excluding hydrogens is 231 g/mol. The van der Waals surface area contributed by atoms with Crippen molar-refractivity contribution in [1.29, 1.82) is 0 Å². The van der Waals surface area contributed by atoms with Gasteiger partial charge in [0, 0.05) is 5.56 Å². The van der Waals surface area contributed by atoms with Gasteiger partial charge in [-0.1, -0.05) is 54.8 Å². The van der Waals surface area contributed by atoms with Gasteiger partial charge in [-0.3, -0.25) is 0 Å². The molecular formula is C11H12Cl2Si. The zero-order chi connectivity index (χ0) is 10.8. The van der Waals surface area contributed by atoms with Crippen LogP contribution in [0, 0.1) is 11.5 Å². The van der Waals surface area contributed by atoms with Gasteiger partial charge >= 0.3 is 0 Å². The molecule has 1 rings (SSSR count). The molecule has 0 heterocycles. The van der Waals surface area contributed by atoms with Crippen LogP contribution in [0.5, 0.6) is 0 Å². The van der Waals surface area contributed by atoms with Crippen LogP contribution in [0.4, 0.5) is 0 Å². The number of rotatable bonds is 0. The van der Waals surface area contributed by atoms with Gasteiger partial charge in [0.2, 0.25) is 0 Å². The van der Waals surface area contributed by atoms with Gasteiger partial charge in [0.1, 0.15) is 8.07 Å². The van der Waals surface area contributed by atoms with Gasteiger partial charge in [-0.2, -0.15) is 0 Å². The minimum atomic E-state index is -1.34. The van der Waals surface area contributed by atoms with Crippen LogP contribution < -0.4 is 0 Å². The van der Waals surface area contributed by atoms with E-state index < -0.39 is 8.07 Å². The van der Waals surface area contributed by atoms with E-state index in [1.54, 1.807) is 6.07 Å². The molecule has 0 spiro atoms. The highest BCUT2D eigenvalue weighted by Crippen LogP contribution is 2.24. The fraction of sp³-hybridized carbons (Fsp3) is 0.273. The molecule has 0 nitrogen and oxygen atoms in total. The van der Waals surface area contributed by atoms with Gasteiger partial charge in [0.15, 0.2) is 0 Å². The fourth-order valence-corrected chi connectivity index (χ4v) is 1.71. The first kappa shape index (κ1) is 11.7. The zero-order valence-corrected chi connectivity index (χ0v) is 11.0. The van der Waals surface area contributed by atoms with Gasteiger partial charge in [0.05, 0.1) is 10.0 Å². The predicted molar refractivity (Wildman–Crippen MR) is 66.7 cm³/mol. The summed E-state index contributed by atoms with van der Waals surface area (Å²) in [5.41, 5.74) is 4.07.